The van der Waals surface area contributed by atoms with E-state index < -0.39 is 0 Å². The predicted octanol–water partition coefficient (Wildman–Crippen LogP) is 0.808. The Morgan fingerprint density at radius 2 is 2.20 bits per heavy atom. The highest BCUT2D eigenvalue weighted by atomic mass is 16.5. The van der Waals surface area contributed by atoms with Gasteiger partial charge in [-0.25, -0.2) is 0 Å². The Hall–Kier alpha value is -0.160. The lowest BCUT2D eigenvalue weighted by atomic mass is 10.0. The Balaban J connectivity index is 1.88. The first-order valence-electron chi connectivity index (χ1n) is 5.68. The zero-order valence-corrected chi connectivity index (χ0v) is 9.88. The topological polar surface area (TPSA) is 39.7 Å². The van der Waals surface area contributed by atoms with Crippen LogP contribution < -0.4 is 5.32 Å². The van der Waals surface area contributed by atoms with Gasteiger partial charge < -0.3 is 19.5 Å². The number of ether oxygens (including phenoxy) is 3. The van der Waals surface area contributed by atoms with Crippen molar-refractivity contribution >= 4 is 0 Å². The Morgan fingerprint density at radius 1 is 1.33 bits per heavy atom. The van der Waals surface area contributed by atoms with E-state index in [0.29, 0.717) is 13.2 Å². The van der Waals surface area contributed by atoms with Gasteiger partial charge >= 0.3 is 0 Å². The van der Waals surface area contributed by atoms with Crippen molar-refractivity contribution in [1.82, 2.24) is 5.32 Å². The van der Waals surface area contributed by atoms with Crippen LogP contribution in [-0.2, 0) is 14.2 Å². The van der Waals surface area contributed by atoms with Gasteiger partial charge in [0, 0.05) is 26.8 Å². The molecule has 90 valence electrons. The van der Waals surface area contributed by atoms with Crippen LogP contribution in [0.2, 0.25) is 0 Å². The van der Waals surface area contributed by atoms with E-state index in [1.54, 1.807) is 7.11 Å². The number of hydrogen-bond donors (Lipinski definition) is 1. The third kappa shape index (κ3) is 5.47. The number of rotatable bonds is 8. The highest BCUT2D eigenvalue weighted by Gasteiger charge is 2.28. The molecule has 1 saturated heterocycles. The molecule has 0 spiro atoms. The first-order valence-corrected chi connectivity index (χ1v) is 5.68. The van der Waals surface area contributed by atoms with E-state index in [1.807, 2.05) is 0 Å². The summed E-state index contributed by atoms with van der Waals surface area (Å²) in [6.07, 6.45) is 2.34. The normalized spacial score (nSPS) is 26.0. The van der Waals surface area contributed by atoms with Crippen LogP contribution in [0, 0.1) is 0 Å². The average molecular weight is 217 g/mol. The number of methoxy groups -OCH3 is 1. The molecule has 4 heteroatoms. The lowest BCUT2D eigenvalue weighted by Gasteiger charge is -2.23. The number of nitrogens with one attached hydrogen (secondary N) is 1. The molecule has 0 bridgehead atoms. The standard InChI is InChI=1S/C11H23NO3/c1-11(4-3-6-15-11)10-12-5-7-14-9-8-13-2/h12H,3-10H2,1-2H3. The Labute approximate surface area is 92.3 Å². The second-order valence-corrected chi connectivity index (χ2v) is 4.18. The molecule has 0 radical (unpaired) electrons. The van der Waals surface area contributed by atoms with E-state index in [-0.39, 0.29) is 5.60 Å². The van der Waals surface area contributed by atoms with Gasteiger partial charge in [-0.15, -0.1) is 0 Å². The van der Waals surface area contributed by atoms with Crippen LogP contribution in [0.25, 0.3) is 0 Å². The maximum atomic E-state index is 5.66. The minimum atomic E-state index is 0.0481. The van der Waals surface area contributed by atoms with Crippen molar-refractivity contribution in [3.8, 4) is 0 Å². The van der Waals surface area contributed by atoms with Crippen LogP contribution in [-0.4, -0.2) is 52.2 Å². The van der Waals surface area contributed by atoms with Crippen molar-refractivity contribution in [2.24, 2.45) is 0 Å². The van der Waals surface area contributed by atoms with Gasteiger partial charge in [0.15, 0.2) is 0 Å². The van der Waals surface area contributed by atoms with Crippen LogP contribution in [0.4, 0.5) is 0 Å². The molecule has 1 atom stereocenters. The monoisotopic (exact) mass is 217 g/mol. The van der Waals surface area contributed by atoms with Gasteiger partial charge in [-0.2, -0.15) is 0 Å². The van der Waals surface area contributed by atoms with Crippen LogP contribution in [0.15, 0.2) is 0 Å². The second kappa shape index (κ2) is 7.17. The van der Waals surface area contributed by atoms with Crippen molar-refractivity contribution in [2.75, 3.05) is 46.6 Å². The zero-order chi connectivity index (χ0) is 11.0. The molecule has 0 aromatic carbocycles. The van der Waals surface area contributed by atoms with Crippen LogP contribution in [0.1, 0.15) is 19.8 Å². The summed E-state index contributed by atoms with van der Waals surface area (Å²) < 4.78 is 15.9. The predicted molar refractivity (Wildman–Crippen MR) is 59.2 cm³/mol. The molecular formula is C11H23NO3. The van der Waals surface area contributed by atoms with Gasteiger partial charge in [0.25, 0.3) is 0 Å². The summed E-state index contributed by atoms with van der Waals surface area (Å²) in [5, 5.41) is 3.35. The average Bonchev–Trinajstić information content (AvgIpc) is 2.64. The smallest absolute Gasteiger partial charge is 0.0779 e. The van der Waals surface area contributed by atoms with Crippen LogP contribution in [0.3, 0.4) is 0 Å². The summed E-state index contributed by atoms with van der Waals surface area (Å²) in [5.41, 5.74) is 0.0481. The van der Waals surface area contributed by atoms with Crippen molar-refractivity contribution in [1.29, 1.82) is 0 Å². The lowest BCUT2D eigenvalue weighted by Crippen LogP contribution is -2.38. The SMILES string of the molecule is COCCOCCNCC1(C)CCCO1. The van der Waals surface area contributed by atoms with E-state index in [2.05, 4.69) is 12.2 Å². The van der Waals surface area contributed by atoms with Crippen molar-refractivity contribution < 1.29 is 14.2 Å². The van der Waals surface area contributed by atoms with Crippen molar-refractivity contribution in [2.45, 2.75) is 25.4 Å². The largest absolute Gasteiger partial charge is 0.382 e. The molecule has 15 heavy (non-hydrogen) atoms. The molecule has 1 aliphatic heterocycles. The molecule has 0 aliphatic carbocycles. The molecule has 1 N–H and O–H groups in total. The second-order valence-electron chi connectivity index (χ2n) is 4.18. The minimum absolute atomic E-state index is 0.0481. The molecule has 0 aromatic heterocycles. The lowest BCUT2D eigenvalue weighted by molar-refractivity contribution is 0.0181. The fourth-order valence-electron chi connectivity index (χ4n) is 1.72. The quantitative estimate of drug-likeness (QED) is 0.611. The third-order valence-corrected chi connectivity index (χ3v) is 2.65. The van der Waals surface area contributed by atoms with E-state index in [4.69, 9.17) is 14.2 Å². The Bertz CT molecular complexity index is 158. The Kier molecular flexibility index (Phi) is 6.17. The van der Waals surface area contributed by atoms with E-state index >= 15 is 0 Å². The molecule has 1 aliphatic rings. The molecule has 1 heterocycles. The summed E-state index contributed by atoms with van der Waals surface area (Å²) in [6.45, 7) is 6.94. The highest BCUT2D eigenvalue weighted by molar-refractivity contribution is 4.82. The molecule has 1 rings (SSSR count). The first kappa shape index (κ1) is 12.9. The zero-order valence-electron chi connectivity index (χ0n) is 9.88. The molecule has 0 amide bonds. The molecule has 0 saturated carbocycles. The third-order valence-electron chi connectivity index (χ3n) is 2.65. The fourth-order valence-corrected chi connectivity index (χ4v) is 1.72. The van der Waals surface area contributed by atoms with Gasteiger partial charge in [0.1, 0.15) is 0 Å². The number of hydrogen-bond acceptors (Lipinski definition) is 4. The van der Waals surface area contributed by atoms with E-state index in [1.165, 1.54) is 6.42 Å². The fraction of sp³-hybridized carbons (Fsp3) is 1.00. The van der Waals surface area contributed by atoms with Gasteiger partial charge in [0.2, 0.25) is 0 Å². The molecule has 0 aromatic rings. The Morgan fingerprint density at radius 3 is 2.87 bits per heavy atom. The van der Waals surface area contributed by atoms with Gasteiger partial charge in [-0.05, 0) is 19.8 Å². The van der Waals surface area contributed by atoms with Gasteiger partial charge in [0.05, 0.1) is 25.4 Å². The summed E-state index contributed by atoms with van der Waals surface area (Å²) in [5.74, 6) is 0. The molecule has 1 fully saturated rings. The summed E-state index contributed by atoms with van der Waals surface area (Å²) in [4.78, 5) is 0. The molecular weight excluding hydrogens is 194 g/mol. The van der Waals surface area contributed by atoms with Crippen LogP contribution >= 0.6 is 0 Å². The minimum Gasteiger partial charge on any atom is -0.382 e. The van der Waals surface area contributed by atoms with Crippen molar-refractivity contribution in [3.05, 3.63) is 0 Å². The van der Waals surface area contributed by atoms with E-state index in [0.717, 1.165) is 32.7 Å². The molecule has 1 unspecified atom stereocenters. The summed E-state index contributed by atoms with van der Waals surface area (Å²) in [6, 6.07) is 0. The summed E-state index contributed by atoms with van der Waals surface area (Å²) >= 11 is 0. The molecule has 4 nitrogen and oxygen atoms in total. The van der Waals surface area contributed by atoms with Crippen molar-refractivity contribution in [3.63, 3.8) is 0 Å². The van der Waals surface area contributed by atoms with Gasteiger partial charge in [-0.3, -0.25) is 0 Å². The van der Waals surface area contributed by atoms with Crippen LogP contribution in [0.5, 0.6) is 0 Å². The first-order chi connectivity index (χ1) is 7.27. The maximum Gasteiger partial charge on any atom is 0.0779 e. The maximum absolute atomic E-state index is 5.66. The highest BCUT2D eigenvalue weighted by Crippen LogP contribution is 2.23. The van der Waals surface area contributed by atoms with Gasteiger partial charge in [-0.1, -0.05) is 0 Å². The van der Waals surface area contributed by atoms with E-state index in [9.17, 15) is 0 Å². The summed E-state index contributed by atoms with van der Waals surface area (Å²) in [7, 11) is 1.68.